The molecule has 0 fully saturated rings. The Hall–Kier alpha value is -1.41. The van der Waals surface area contributed by atoms with Crippen LogP contribution < -0.4 is 4.72 Å². The standard InChI is InChI=1S/C16H18ClNO4S2/c17-13-3-6-15(7-4-13)24(21,22)18-9-1-2-12-10-14(23-11-12)5-8-16(19)20/h3-4,6-7,10-11,18H,1-2,5,8-9H2,(H,19,20). The molecule has 0 aliphatic heterocycles. The molecule has 130 valence electrons. The summed E-state index contributed by atoms with van der Waals surface area (Å²) in [5.41, 5.74) is 1.10. The maximum Gasteiger partial charge on any atom is 0.303 e. The summed E-state index contributed by atoms with van der Waals surface area (Å²) in [6, 6.07) is 8.01. The molecule has 0 unspecified atom stereocenters. The number of hydrogen-bond donors (Lipinski definition) is 2. The van der Waals surface area contributed by atoms with Crippen LogP contribution >= 0.6 is 22.9 Å². The van der Waals surface area contributed by atoms with Crippen molar-refractivity contribution in [3.8, 4) is 0 Å². The number of aryl methyl sites for hydroxylation is 2. The van der Waals surface area contributed by atoms with Crippen molar-refractivity contribution in [1.29, 1.82) is 0 Å². The highest BCUT2D eigenvalue weighted by molar-refractivity contribution is 7.89. The van der Waals surface area contributed by atoms with Crippen LogP contribution in [0.5, 0.6) is 0 Å². The molecule has 8 heteroatoms. The number of nitrogens with one attached hydrogen (secondary N) is 1. The van der Waals surface area contributed by atoms with Gasteiger partial charge in [0.2, 0.25) is 10.0 Å². The molecular weight excluding hydrogens is 370 g/mol. The highest BCUT2D eigenvalue weighted by atomic mass is 35.5. The lowest BCUT2D eigenvalue weighted by molar-refractivity contribution is -0.136. The minimum Gasteiger partial charge on any atom is -0.481 e. The van der Waals surface area contributed by atoms with Gasteiger partial charge in [0.1, 0.15) is 0 Å². The van der Waals surface area contributed by atoms with Gasteiger partial charge < -0.3 is 5.11 Å². The third kappa shape index (κ3) is 5.90. The quantitative estimate of drug-likeness (QED) is 0.646. The topological polar surface area (TPSA) is 83.5 Å². The van der Waals surface area contributed by atoms with E-state index >= 15 is 0 Å². The van der Waals surface area contributed by atoms with Crippen LogP contribution in [0.1, 0.15) is 23.3 Å². The van der Waals surface area contributed by atoms with Gasteiger partial charge in [-0.3, -0.25) is 4.79 Å². The molecule has 0 amide bonds. The van der Waals surface area contributed by atoms with Crippen molar-refractivity contribution in [2.75, 3.05) is 6.54 Å². The van der Waals surface area contributed by atoms with Crippen LogP contribution in [0.15, 0.2) is 40.6 Å². The highest BCUT2D eigenvalue weighted by Crippen LogP contribution is 2.18. The van der Waals surface area contributed by atoms with Gasteiger partial charge in [-0.25, -0.2) is 13.1 Å². The van der Waals surface area contributed by atoms with E-state index in [1.165, 1.54) is 23.5 Å². The average Bonchev–Trinajstić information content (AvgIpc) is 2.98. The molecule has 0 atom stereocenters. The van der Waals surface area contributed by atoms with Gasteiger partial charge in [-0.2, -0.15) is 0 Å². The molecule has 1 heterocycles. The maximum absolute atomic E-state index is 12.1. The van der Waals surface area contributed by atoms with Crippen molar-refractivity contribution in [3.63, 3.8) is 0 Å². The molecule has 0 saturated carbocycles. The van der Waals surface area contributed by atoms with Crippen molar-refractivity contribution in [3.05, 3.63) is 51.2 Å². The monoisotopic (exact) mass is 387 g/mol. The van der Waals surface area contributed by atoms with Crippen LogP contribution in [0.3, 0.4) is 0 Å². The summed E-state index contributed by atoms with van der Waals surface area (Å²) in [4.78, 5) is 11.8. The zero-order chi connectivity index (χ0) is 17.6. The first-order valence-electron chi connectivity index (χ1n) is 7.40. The highest BCUT2D eigenvalue weighted by Gasteiger charge is 2.12. The molecule has 0 spiro atoms. The van der Waals surface area contributed by atoms with Crippen molar-refractivity contribution in [1.82, 2.24) is 4.72 Å². The lowest BCUT2D eigenvalue weighted by atomic mass is 10.1. The fourth-order valence-electron chi connectivity index (χ4n) is 2.11. The molecular formula is C16H18ClNO4S2. The van der Waals surface area contributed by atoms with E-state index in [0.717, 1.165) is 16.9 Å². The fourth-order valence-corrected chi connectivity index (χ4v) is 4.24. The molecule has 2 aromatic rings. The Morgan fingerprint density at radius 2 is 1.92 bits per heavy atom. The number of carboxylic acid groups (broad SMARTS) is 1. The fraction of sp³-hybridized carbons (Fsp3) is 0.312. The molecule has 0 aliphatic carbocycles. The summed E-state index contributed by atoms with van der Waals surface area (Å²) in [7, 11) is -3.52. The average molecular weight is 388 g/mol. The normalized spacial score (nSPS) is 11.5. The Balaban J connectivity index is 1.78. The molecule has 2 N–H and O–H groups in total. The zero-order valence-corrected chi connectivity index (χ0v) is 15.3. The van der Waals surface area contributed by atoms with Crippen LogP contribution in [0.4, 0.5) is 0 Å². The summed E-state index contributed by atoms with van der Waals surface area (Å²) < 4.78 is 26.8. The van der Waals surface area contributed by atoms with Gasteiger partial charge in [-0.15, -0.1) is 11.3 Å². The largest absolute Gasteiger partial charge is 0.481 e. The van der Waals surface area contributed by atoms with Gasteiger partial charge in [0.25, 0.3) is 0 Å². The van der Waals surface area contributed by atoms with Crippen LogP contribution in [0.25, 0.3) is 0 Å². The number of hydrogen-bond acceptors (Lipinski definition) is 4. The Kier molecular flexibility index (Phi) is 6.79. The number of carbonyl (C=O) groups is 1. The van der Waals surface area contributed by atoms with Crippen molar-refractivity contribution >= 4 is 38.9 Å². The first-order valence-corrected chi connectivity index (χ1v) is 10.1. The van der Waals surface area contributed by atoms with E-state index < -0.39 is 16.0 Å². The molecule has 2 rings (SSSR count). The molecule has 5 nitrogen and oxygen atoms in total. The SMILES string of the molecule is O=C(O)CCc1cc(CCCNS(=O)(=O)c2ccc(Cl)cc2)cs1. The van der Waals surface area contributed by atoms with Crippen LogP contribution in [-0.2, 0) is 27.7 Å². The number of aliphatic carboxylic acids is 1. The lowest BCUT2D eigenvalue weighted by Crippen LogP contribution is -2.25. The predicted molar refractivity (Wildman–Crippen MR) is 95.2 cm³/mol. The summed E-state index contributed by atoms with van der Waals surface area (Å²) in [5, 5.41) is 11.2. The maximum atomic E-state index is 12.1. The van der Waals surface area contributed by atoms with E-state index in [-0.39, 0.29) is 11.3 Å². The number of carboxylic acids is 1. The summed E-state index contributed by atoms with van der Waals surface area (Å²) in [6.07, 6.45) is 2.07. The van der Waals surface area contributed by atoms with E-state index in [1.54, 1.807) is 12.1 Å². The smallest absolute Gasteiger partial charge is 0.303 e. The first-order chi connectivity index (χ1) is 11.4. The van der Waals surface area contributed by atoms with E-state index in [0.29, 0.717) is 24.4 Å². The van der Waals surface area contributed by atoms with Crippen LogP contribution in [0.2, 0.25) is 5.02 Å². The molecule has 0 aliphatic rings. The zero-order valence-electron chi connectivity index (χ0n) is 12.9. The molecule has 24 heavy (non-hydrogen) atoms. The van der Waals surface area contributed by atoms with E-state index in [2.05, 4.69) is 4.72 Å². The van der Waals surface area contributed by atoms with Crippen LogP contribution in [0, 0.1) is 0 Å². The molecule has 0 radical (unpaired) electrons. The molecule has 0 saturated heterocycles. The number of halogens is 1. The third-order valence-electron chi connectivity index (χ3n) is 3.35. The summed E-state index contributed by atoms with van der Waals surface area (Å²) >= 11 is 7.29. The molecule has 1 aromatic carbocycles. The minimum absolute atomic E-state index is 0.126. The first kappa shape index (κ1) is 18.9. The number of benzene rings is 1. The predicted octanol–water partition coefficient (Wildman–Crippen LogP) is 3.33. The summed E-state index contributed by atoms with van der Waals surface area (Å²) in [5.74, 6) is -0.804. The second kappa shape index (κ2) is 8.62. The van der Waals surface area contributed by atoms with E-state index in [1.807, 2.05) is 11.4 Å². The van der Waals surface area contributed by atoms with Gasteiger partial charge in [-0.1, -0.05) is 11.6 Å². The lowest BCUT2D eigenvalue weighted by Gasteiger charge is -2.06. The van der Waals surface area contributed by atoms with Gasteiger partial charge in [-0.05, 0) is 60.5 Å². The van der Waals surface area contributed by atoms with Gasteiger partial charge in [0, 0.05) is 16.4 Å². The number of rotatable bonds is 9. The van der Waals surface area contributed by atoms with E-state index in [9.17, 15) is 13.2 Å². The summed E-state index contributed by atoms with van der Waals surface area (Å²) in [6.45, 7) is 0.339. The number of thiophene rings is 1. The third-order valence-corrected chi connectivity index (χ3v) is 6.13. The van der Waals surface area contributed by atoms with Gasteiger partial charge in [0.05, 0.1) is 11.3 Å². The van der Waals surface area contributed by atoms with Crippen LogP contribution in [-0.4, -0.2) is 26.0 Å². The second-order valence-corrected chi connectivity index (χ2v) is 8.47. The van der Waals surface area contributed by atoms with Crippen molar-refractivity contribution < 1.29 is 18.3 Å². The van der Waals surface area contributed by atoms with Crippen molar-refractivity contribution in [2.45, 2.75) is 30.6 Å². The Morgan fingerprint density at radius 1 is 1.21 bits per heavy atom. The minimum atomic E-state index is -3.52. The molecule has 1 aromatic heterocycles. The second-order valence-electron chi connectivity index (χ2n) is 5.27. The van der Waals surface area contributed by atoms with Gasteiger partial charge >= 0.3 is 5.97 Å². The Bertz CT molecular complexity index is 785. The Labute approximate surface area is 150 Å². The van der Waals surface area contributed by atoms with E-state index in [4.69, 9.17) is 16.7 Å². The Morgan fingerprint density at radius 3 is 2.58 bits per heavy atom. The van der Waals surface area contributed by atoms with Gasteiger partial charge in [0.15, 0.2) is 0 Å². The molecule has 0 bridgehead atoms. The van der Waals surface area contributed by atoms with Crippen molar-refractivity contribution in [2.24, 2.45) is 0 Å². The number of sulfonamides is 1.